The van der Waals surface area contributed by atoms with Crippen LogP contribution in [0, 0.1) is 59.2 Å². The minimum Gasteiger partial charge on any atom is -0.457 e. The first-order valence-electron chi connectivity index (χ1n) is 17.0. The lowest BCUT2D eigenvalue weighted by atomic mass is 9.53. The predicted molar refractivity (Wildman–Crippen MR) is 170 cm³/mol. The third-order valence-electron chi connectivity index (χ3n) is 14.4. The molecule has 2 aromatic rings. The molecular formula is C40H46O3. The van der Waals surface area contributed by atoms with Gasteiger partial charge in [0.1, 0.15) is 22.7 Å². The van der Waals surface area contributed by atoms with Crippen molar-refractivity contribution in [1.82, 2.24) is 0 Å². The van der Waals surface area contributed by atoms with Crippen LogP contribution in [0.5, 0.6) is 11.5 Å². The summed E-state index contributed by atoms with van der Waals surface area (Å²) in [6.07, 6.45) is 24.0. The third-order valence-corrected chi connectivity index (χ3v) is 14.4. The molecule has 0 aliphatic heterocycles. The van der Waals surface area contributed by atoms with Crippen molar-refractivity contribution in [1.29, 1.82) is 0 Å². The van der Waals surface area contributed by atoms with Crippen molar-refractivity contribution in [2.75, 3.05) is 0 Å². The van der Waals surface area contributed by atoms with Gasteiger partial charge in [0.2, 0.25) is 0 Å². The fourth-order valence-corrected chi connectivity index (χ4v) is 11.9. The van der Waals surface area contributed by atoms with Crippen molar-refractivity contribution in [3.63, 3.8) is 0 Å². The highest BCUT2D eigenvalue weighted by molar-refractivity contribution is 5.46. The Balaban J connectivity index is 0.994. The molecule has 2 N–H and O–H groups in total. The molecule has 43 heavy (non-hydrogen) atoms. The molecule has 0 saturated heterocycles. The average Bonchev–Trinajstić information content (AvgIpc) is 3.46. The average molecular weight is 575 g/mol. The van der Waals surface area contributed by atoms with E-state index >= 15 is 0 Å². The second kappa shape index (κ2) is 9.39. The van der Waals surface area contributed by atoms with E-state index in [4.69, 9.17) is 17.6 Å². The van der Waals surface area contributed by atoms with Gasteiger partial charge in [-0.3, -0.25) is 0 Å². The summed E-state index contributed by atoms with van der Waals surface area (Å²) in [5, 5.41) is 22.5. The summed E-state index contributed by atoms with van der Waals surface area (Å²) in [5.74, 6) is 10.8. The van der Waals surface area contributed by atoms with Gasteiger partial charge in [0.15, 0.2) is 0 Å². The van der Waals surface area contributed by atoms with Gasteiger partial charge in [-0.25, -0.2) is 0 Å². The summed E-state index contributed by atoms with van der Waals surface area (Å²) in [6, 6.07) is 13.6. The third kappa shape index (κ3) is 3.71. The van der Waals surface area contributed by atoms with Crippen LogP contribution in [0.1, 0.15) is 112 Å². The molecule has 0 spiro atoms. The number of terminal acetylenes is 2. The Morgan fingerprint density at radius 1 is 0.651 bits per heavy atom. The van der Waals surface area contributed by atoms with E-state index in [0.29, 0.717) is 35.5 Å². The highest BCUT2D eigenvalue weighted by atomic mass is 16.5. The number of rotatable bonds is 2. The zero-order valence-corrected chi connectivity index (χ0v) is 25.9. The van der Waals surface area contributed by atoms with Crippen LogP contribution >= 0.6 is 0 Å². The zero-order chi connectivity index (χ0) is 29.8. The predicted octanol–water partition coefficient (Wildman–Crippen LogP) is 7.92. The second-order valence-corrected chi connectivity index (χ2v) is 15.7. The molecule has 3 heteroatoms. The number of hydrogen-bond donors (Lipinski definition) is 2. The molecule has 0 bridgehead atoms. The Kier molecular flexibility index (Phi) is 6.07. The van der Waals surface area contributed by atoms with E-state index in [9.17, 15) is 10.2 Å². The molecule has 0 amide bonds. The van der Waals surface area contributed by atoms with Crippen LogP contribution in [0.3, 0.4) is 0 Å². The lowest BCUT2D eigenvalue weighted by Crippen LogP contribution is -2.50. The smallest absolute Gasteiger partial charge is 0.130 e. The maximum atomic E-state index is 11.3. The Bertz CT molecular complexity index is 1440. The van der Waals surface area contributed by atoms with Crippen LogP contribution in [-0.4, -0.2) is 21.4 Å². The number of aliphatic hydroxyl groups is 2. The number of hydrogen-bond acceptors (Lipinski definition) is 3. The summed E-state index contributed by atoms with van der Waals surface area (Å²) < 4.78 is 6.53. The van der Waals surface area contributed by atoms with Gasteiger partial charge in [-0.05, 0) is 159 Å². The van der Waals surface area contributed by atoms with Gasteiger partial charge in [-0.1, -0.05) is 37.8 Å². The molecule has 4 fully saturated rings. The normalized spacial score (nSPS) is 44.0. The fourth-order valence-electron chi connectivity index (χ4n) is 11.9. The first-order valence-corrected chi connectivity index (χ1v) is 17.0. The van der Waals surface area contributed by atoms with E-state index in [1.54, 1.807) is 0 Å². The number of benzene rings is 2. The van der Waals surface area contributed by atoms with Crippen molar-refractivity contribution in [3.05, 3.63) is 58.7 Å². The largest absolute Gasteiger partial charge is 0.457 e. The van der Waals surface area contributed by atoms with E-state index in [-0.39, 0.29) is 10.8 Å². The molecule has 6 aliphatic rings. The number of aryl methyl sites for hydroxylation is 2. The van der Waals surface area contributed by atoms with E-state index in [1.807, 2.05) is 0 Å². The minimum absolute atomic E-state index is 0.157. The van der Waals surface area contributed by atoms with Crippen LogP contribution in [0.15, 0.2) is 36.4 Å². The van der Waals surface area contributed by atoms with Gasteiger partial charge in [0, 0.05) is 10.8 Å². The first-order chi connectivity index (χ1) is 20.6. The first kappa shape index (κ1) is 27.8. The molecule has 0 heterocycles. The molecular weight excluding hydrogens is 528 g/mol. The van der Waals surface area contributed by atoms with Crippen LogP contribution in [0.2, 0.25) is 0 Å². The highest BCUT2D eigenvalue weighted by Gasteiger charge is 2.62. The minimum atomic E-state index is -0.947. The molecule has 224 valence electrons. The van der Waals surface area contributed by atoms with E-state index < -0.39 is 11.2 Å². The van der Waals surface area contributed by atoms with Crippen LogP contribution < -0.4 is 4.74 Å². The summed E-state index contributed by atoms with van der Waals surface area (Å²) in [6.45, 7) is 4.51. The van der Waals surface area contributed by atoms with Gasteiger partial charge >= 0.3 is 0 Å². The SMILES string of the molecule is C#C[C@]1(O)CCC2C3CCc4cc(Oc5ccc6c(c5)CCC5C6CC[C@@]6(C)C5CC[C@@]6(O)C#C)ccc4C3CC[C@@]21C. The van der Waals surface area contributed by atoms with Crippen molar-refractivity contribution < 1.29 is 14.9 Å². The Morgan fingerprint density at radius 3 is 1.51 bits per heavy atom. The quantitative estimate of drug-likeness (QED) is 0.358. The molecule has 0 aromatic heterocycles. The second-order valence-electron chi connectivity index (χ2n) is 15.7. The van der Waals surface area contributed by atoms with E-state index in [2.05, 4.69) is 62.1 Å². The molecule has 2 aromatic carbocycles. The fraction of sp³-hybridized carbons (Fsp3) is 0.600. The van der Waals surface area contributed by atoms with Gasteiger partial charge in [0.05, 0.1) is 0 Å². The topological polar surface area (TPSA) is 49.7 Å². The lowest BCUT2D eigenvalue weighted by Gasteiger charge is -2.52. The van der Waals surface area contributed by atoms with Gasteiger partial charge in [0.25, 0.3) is 0 Å². The molecule has 10 atom stereocenters. The highest BCUT2D eigenvalue weighted by Crippen LogP contribution is 2.65. The number of fused-ring (bicyclic) bond motifs is 10. The molecule has 8 rings (SSSR count). The Hall–Kier alpha value is -2.72. The summed E-state index contributed by atoms with van der Waals surface area (Å²) >= 11 is 0. The lowest BCUT2D eigenvalue weighted by molar-refractivity contribution is -0.0647. The van der Waals surface area contributed by atoms with Crippen LogP contribution in [-0.2, 0) is 12.8 Å². The summed E-state index contributed by atoms with van der Waals surface area (Å²) in [5.41, 5.74) is 3.64. The summed E-state index contributed by atoms with van der Waals surface area (Å²) in [4.78, 5) is 0. The standard InChI is InChI=1S/C40H46O3/c1-5-39(41)21-17-35-33-11-7-25-23-27(9-13-29(25)31(33)15-19-37(35,39)3)43-28-10-14-30-26(24-28)8-12-34-32(30)16-20-38(4)36(34)18-22-40(38,42)6-2/h1-2,9-10,13-14,23-24,31-36,41-42H,7-8,11-12,15-22H2,3-4H3/t31?,32?,33?,34?,35?,36?,37-,38-,39-,40-/m0/s1. The maximum Gasteiger partial charge on any atom is 0.130 e. The van der Waals surface area contributed by atoms with Crippen molar-refractivity contribution in [2.24, 2.45) is 34.5 Å². The van der Waals surface area contributed by atoms with Gasteiger partial charge in [-0.2, -0.15) is 0 Å². The molecule has 6 aliphatic carbocycles. The number of ether oxygens (including phenoxy) is 1. The molecule has 0 radical (unpaired) electrons. The van der Waals surface area contributed by atoms with Gasteiger partial charge < -0.3 is 14.9 Å². The van der Waals surface area contributed by atoms with Crippen molar-refractivity contribution >= 4 is 0 Å². The Morgan fingerprint density at radius 2 is 1.09 bits per heavy atom. The Labute approximate surface area is 257 Å². The molecule has 3 nitrogen and oxygen atoms in total. The zero-order valence-electron chi connectivity index (χ0n) is 25.9. The summed E-state index contributed by atoms with van der Waals surface area (Å²) in [7, 11) is 0. The van der Waals surface area contributed by atoms with E-state index in [0.717, 1.165) is 75.7 Å². The van der Waals surface area contributed by atoms with Crippen molar-refractivity contribution in [3.8, 4) is 36.2 Å². The maximum absolute atomic E-state index is 11.3. The van der Waals surface area contributed by atoms with Crippen molar-refractivity contribution in [2.45, 2.75) is 114 Å². The van der Waals surface area contributed by atoms with E-state index in [1.165, 1.54) is 35.1 Å². The molecule has 6 unspecified atom stereocenters. The van der Waals surface area contributed by atoms with Crippen LogP contribution in [0.25, 0.3) is 0 Å². The van der Waals surface area contributed by atoms with Crippen LogP contribution in [0.4, 0.5) is 0 Å². The van der Waals surface area contributed by atoms with Gasteiger partial charge in [-0.15, -0.1) is 12.8 Å². The molecule has 4 saturated carbocycles. The monoisotopic (exact) mass is 574 g/mol.